The third-order valence-corrected chi connectivity index (χ3v) is 3.97. The van der Waals surface area contributed by atoms with Crippen LogP contribution in [0.5, 0.6) is 11.5 Å². The van der Waals surface area contributed by atoms with Crippen molar-refractivity contribution in [2.75, 3.05) is 7.11 Å². The van der Waals surface area contributed by atoms with E-state index in [2.05, 4.69) is 10.1 Å². The highest BCUT2D eigenvalue weighted by Gasteiger charge is 2.13. The number of aliphatic hydroxyl groups excluding tert-OH is 1. The summed E-state index contributed by atoms with van der Waals surface area (Å²) in [6.07, 6.45) is 0. The predicted molar refractivity (Wildman–Crippen MR) is 78.8 cm³/mol. The molecule has 6 nitrogen and oxygen atoms in total. The lowest BCUT2D eigenvalue weighted by Gasteiger charge is -2.05. The quantitative estimate of drug-likeness (QED) is 0.782. The molecule has 0 saturated heterocycles. The summed E-state index contributed by atoms with van der Waals surface area (Å²) in [5.74, 6) is 1.47. The van der Waals surface area contributed by atoms with E-state index in [1.54, 1.807) is 11.6 Å². The Labute approximate surface area is 125 Å². The van der Waals surface area contributed by atoms with Gasteiger partial charge in [0.1, 0.15) is 18.1 Å². The van der Waals surface area contributed by atoms with Crippen LogP contribution in [0.4, 0.5) is 0 Å². The molecule has 0 aliphatic rings. The maximum atomic E-state index is 9.34. The van der Waals surface area contributed by atoms with Crippen molar-refractivity contribution in [2.24, 2.45) is 0 Å². The van der Waals surface area contributed by atoms with Crippen LogP contribution in [-0.2, 0) is 13.2 Å². The zero-order valence-electron chi connectivity index (χ0n) is 11.7. The molecule has 7 heteroatoms. The van der Waals surface area contributed by atoms with Crippen LogP contribution in [0.25, 0.3) is 4.96 Å². The van der Waals surface area contributed by atoms with Gasteiger partial charge in [-0.1, -0.05) is 17.4 Å². The van der Waals surface area contributed by atoms with Crippen LogP contribution in [0.15, 0.2) is 24.3 Å². The highest BCUT2D eigenvalue weighted by Crippen LogP contribution is 2.22. The van der Waals surface area contributed by atoms with Crippen LogP contribution in [0.1, 0.15) is 16.4 Å². The van der Waals surface area contributed by atoms with Crippen LogP contribution in [0.3, 0.4) is 0 Å². The second-order valence-corrected chi connectivity index (χ2v) is 5.50. The first-order chi connectivity index (χ1) is 10.2. The normalized spacial score (nSPS) is 11.0. The van der Waals surface area contributed by atoms with Gasteiger partial charge in [-0.05, 0) is 19.1 Å². The summed E-state index contributed by atoms with van der Waals surface area (Å²) in [6, 6.07) is 7.42. The van der Waals surface area contributed by atoms with Gasteiger partial charge in [0, 0.05) is 6.07 Å². The summed E-state index contributed by atoms with van der Waals surface area (Å²) in [4.78, 5) is 5.14. The van der Waals surface area contributed by atoms with Gasteiger partial charge in [-0.15, -0.1) is 0 Å². The van der Waals surface area contributed by atoms with E-state index in [9.17, 15) is 5.11 Å². The van der Waals surface area contributed by atoms with E-state index in [4.69, 9.17) is 9.47 Å². The van der Waals surface area contributed by atoms with E-state index in [1.807, 2.05) is 31.2 Å². The van der Waals surface area contributed by atoms with Crippen molar-refractivity contribution in [3.63, 3.8) is 0 Å². The fourth-order valence-corrected chi connectivity index (χ4v) is 2.88. The Hall–Kier alpha value is -2.12. The molecule has 3 rings (SSSR count). The Kier molecular flexibility index (Phi) is 3.76. The Morgan fingerprint density at radius 3 is 2.90 bits per heavy atom. The number of aryl methyl sites for hydroxylation is 1. The average molecular weight is 305 g/mol. The molecule has 2 aromatic heterocycles. The number of aromatic nitrogens is 3. The first-order valence-corrected chi connectivity index (χ1v) is 7.24. The molecule has 1 N–H and O–H groups in total. The molecule has 0 atom stereocenters. The highest BCUT2D eigenvalue weighted by molar-refractivity contribution is 7.16. The summed E-state index contributed by atoms with van der Waals surface area (Å²) in [5.41, 5.74) is 1.52. The Bertz CT molecular complexity index is 766. The Balaban J connectivity index is 1.77. The first kappa shape index (κ1) is 13.8. The molecule has 0 spiro atoms. The van der Waals surface area contributed by atoms with E-state index >= 15 is 0 Å². The van der Waals surface area contributed by atoms with E-state index < -0.39 is 0 Å². The summed E-state index contributed by atoms with van der Waals surface area (Å²) in [7, 11) is 1.62. The van der Waals surface area contributed by atoms with Gasteiger partial charge in [0.15, 0.2) is 5.01 Å². The van der Waals surface area contributed by atoms with Crippen LogP contribution < -0.4 is 9.47 Å². The third kappa shape index (κ3) is 2.70. The minimum atomic E-state index is -0.0765. The molecular formula is C14H15N3O3S. The zero-order valence-corrected chi connectivity index (χ0v) is 12.6. The Morgan fingerprint density at radius 1 is 1.33 bits per heavy atom. The van der Waals surface area contributed by atoms with E-state index in [0.717, 1.165) is 27.2 Å². The van der Waals surface area contributed by atoms with Gasteiger partial charge >= 0.3 is 0 Å². The number of methoxy groups -OCH3 is 1. The molecule has 3 aromatic rings. The highest BCUT2D eigenvalue weighted by atomic mass is 32.1. The molecule has 1 aromatic carbocycles. The minimum Gasteiger partial charge on any atom is -0.497 e. The maximum Gasteiger partial charge on any atom is 0.212 e. The summed E-state index contributed by atoms with van der Waals surface area (Å²) in [6.45, 7) is 2.14. The number of fused-ring (bicyclic) bond motifs is 1. The number of ether oxygens (including phenoxy) is 2. The SMILES string of the molecule is COc1cccc(OCc2nn3c(CO)c(C)nc3s2)c1. The van der Waals surface area contributed by atoms with Crippen molar-refractivity contribution in [3.05, 3.63) is 40.7 Å². The van der Waals surface area contributed by atoms with Crippen molar-refractivity contribution in [1.29, 1.82) is 0 Å². The van der Waals surface area contributed by atoms with Crippen molar-refractivity contribution in [2.45, 2.75) is 20.1 Å². The largest absolute Gasteiger partial charge is 0.497 e. The molecule has 21 heavy (non-hydrogen) atoms. The number of nitrogens with zero attached hydrogens (tertiary/aromatic N) is 3. The summed E-state index contributed by atoms with van der Waals surface area (Å²) >= 11 is 1.45. The van der Waals surface area contributed by atoms with Gasteiger partial charge in [0.25, 0.3) is 0 Å². The minimum absolute atomic E-state index is 0.0765. The second-order valence-electron chi connectivity index (χ2n) is 4.46. The van der Waals surface area contributed by atoms with Gasteiger partial charge in [0.05, 0.1) is 25.1 Å². The molecule has 0 unspecified atom stereocenters. The molecular weight excluding hydrogens is 290 g/mol. The zero-order chi connectivity index (χ0) is 14.8. The fourth-order valence-electron chi connectivity index (χ4n) is 2.01. The third-order valence-electron chi connectivity index (χ3n) is 3.09. The standard InChI is InChI=1S/C14H15N3O3S/c1-9-12(7-18)17-14(15-9)21-13(16-17)8-20-11-5-3-4-10(6-11)19-2/h3-6,18H,7-8H2,1-2H3. The number of benzene rings is 1. The van der Waals surface area contributed by atoms with Gasteiger partial charge in [0.2, 0.25) is 4.96 Å². The summed E-state index contributed by atoms with van der Waals surface area (Å²) in [5, 5.41) is 14.6. The number of aliphatic hydroxyl groups is 1. The van der Waals surface area contributed by atoms with Crippen molar-refractivity contribution in [3.8, 4) is 11.5 Å². The lowest BCUT2D eigenvalue weighted by atomic mass is 10.3. The number of hydrogen-bond donors (Lipinski definition) is 1. The average Bonchev–Trinajstić information content (AvgIpc) is 3.01. The Morgan fingerprint density at radius 2 is 2.14 bits per heavy atom. The van der Waals surface area contributed by atoms with Crippen molar-refractivity contribution >= 4 is 16.3 Å². The first-order valence-electron chi connectivity index (χ1n) is 6.43. The molecule has 0 saturated carbocycles. The van der Waals surface area contributed by atoms with E-state index in [0.29, 0.717) is 12.3 Å². The number of imidazole rings is 1. The maximum absolute atomic E-state index is 9.34. The van der Waals surface area contributed by atoms with E-state index in [-0.39, 0.29) is 6.61 Å². The molecule has 0 amide bonds. The van der Waals surface area contributed by atoms with Crippen LogP contribution in [-0.4, -0.2) is 26.8 Å². The van der Waals surface area contributed by atoms with Crippen LogP contribution >= 0.6 is 11.3 Å². The lowest BCUT2D eigenvalue weighted by Crippen LogP contribution is -1.99. The van der Waals surface area contributed by atoms with E-state index in [1.165, 1.54) is 11.3 Å². The molecule has 2 heterocycles. The number of hydrogen-bond acceptors (Lipinski definition) is 6. The van der Waals surface area contributed by atoms with Gasteiger partial charge < -0.3 is 14.6 Å². The fraction of sp³-hybridized carbons (Fsp3) is 0.286. The molecule has 0 fully saturated rings. The van der Waals surface area contributed by atoms with Gasteiger partial charge in [-0.2, -0.15) is 5.10 Å². The molecule has 0 aliphatic heterocycles. The van der Waals surface area contributed by atoms with Crippen LogP contribution in [0, 0.1) is 6.92 Å². The summed E-state index contributed by atoms with van der Waals surface area (Å²) < 4.78 is 12.5. The smallest absolute Gasteiger partial charge is 0.212 e. The van der Waals surface area contributed by atoms with Gasteiger partial charge in [-0.3, -0.25) is 0 Å². The lowest BCUT2D eigenvalue weighted by molar-refractivity contribution is 0.272. The molecule has 0 aliphatic carbocycles. The predicted octanol–water partition coefficient (Wildman–Crippen LogP) is 2.18. The second kappa shape index (κ2) is 5.71. The van der Waals surface area contributed by atoms with Crippen molar-refractivity contribution < 1.29 is 14.6 Å². The molecule has 0 radical (unpaired) electrons. The molecule has 0 bridgehead atoms. The van der Waals surface area contributed by atoms with Crippen molar-refractivity contribution in [1.82, 2.24) is 14.6 Å². The number of rotatable bonds is 5. The monoisotopic (exact) mass is 305 g/mol. The van der Waals surface area contributed by atoms with Gasteiger partial charge in [-0.25, -0.2) is 9.50 Å². The topological polar surface area (TPSA) is 68.9 Å². The molecule has 110 valence electrons. The van der Waals surface area contributed by atoms with Crippen LogP contribution in [0.2, 0.25) is 0 Å².